The molecular formula is C16H12F5N3OS. The molecule has 0 saturated carbocycles. The second-order valence-electron chi connectivity index (χ2n) is 5.26. The lowest BCUT2D eigenvalue weighted by Gasteiger charge is -2.25. The Balaban J connectivity index is 2.13. The number of benzene rings is 1. The Morgan fingerprint density at radius 2 is 1.96 bits per heavy atom. The lowest BCUT2D eigenvalue weighted by atomic mass is 9.96. The molecule has 1 unspecified atom stereocenters. The van der Waals surface area contributed by atoms with Crippen LogP contribution >= 0.6 is 11.8 Å². The number of nitrogens with one attached hydrogen (secondary N) is 1. The Kier molecular flexibility index (Phi) is 5.03. The molecule has 3 rings (SSSR count). The topological polar surface area (TPSA) is 46.5 Å². The van der Waals surface area contributed by atoms with Gasteiger partial charge in [-0.15, -0.1) is 11.8 Å². The first-order valence-electron chi connectivity index (χ1n) is 7.28. The monoisotopic (exact) mass is 389 g/mol. The zero-order valence-electron chi connectivity index (χ0n) is 13.2. The van der Waals surface area contributed by atoms with E-state index in [1.165, 1.54) is 18.0 Å². The lowest BCUT2D eigenvalue weighted by molar-refractivity contribution is -0.138. The van der Waals surface area contributed by atoms with Gasteiger partial charge in [-0.05, 0) is 30.5 Å². The minimum atomic E-state index is -4.68. The number of hydrazone groups is 1. The van der Waals surface area contributed by atoms with Gasteiger partial charge in [0.05, 0.1) is 5.56 Å². The van der Waals surface area contributed by atoms with Gasteiger partial charge >= 0.3 is 12.8 Å². The first-order valence-corrected chi connectivity index (χ1v) is 8.56. The van der Waals surface area contributed by atoms with E-state index in [0.29, 0.717) is 11.6 Å². The highest BCUT2D eigenvalue weighted by atomic mass is 32.2. The molecule has 1 aromatic heterocycles. The van der Waals surface area contributed by atoms with Crippen LogP contribution < -0.4 is 10.2 Å². The van der Waals surface area contributed by atoms with Gasteiger partial charge in [-0.1, -0.05) is 0 Å². The summed E-state index contributed by atoms with van der Waals surface area (Å²) in [5, 5.41) is 3.95. The van der Waals surface area contributed by atoms with E-state index in [2.05, 4.69) is 20.2 Å². The highest BCUT2D eigenvalue weighted by Crippen LogP contribution is 2.37. The second kappa shape index (κ2) is 7.10. The Bertz CT molecular complexity index is 841. The maximum atomic E-state index is 12.9. The number of pyridine rings is 1. The normalized spacial score (nSPS) is 16.7. The van der Waals surface area contributed by atoms with Crippen LogP contribution in [-0.4, -0.2) is 23.6 Å². The van der Waals surface area contributed by atoms with E-state index in [4.69, 9.17) is 0 Å². The van der Waals surface area contributed by atoms with Gasteiger partial charge in [0.2, 0.25) is 0 Å². The van der Waals surface area contributed by atoms with E-state index in [9.17, 15) is 22.0 Å². The fourth-order valence-electron chi connectivity index (χ4n) is 2.56. The van der Waals surface area contributed by atoms with E-state index >= 15 is 0 Å². The molecule has 4 nitrogen and oxygen atoms in total. The third-order valence-corrected chi connectivity index (χ3v) is 4.53. The van der Waals surface area contributed by atoms with Crippen molar-refractivity contribution in [3.8, 4) is 5.75 Å². The molecule has 2 aromatic rings. The molecular weight excluding hydrogens is 377 g/mol. The second-order valence-corrected chi connectivity index (χ2v) is 6.20. The van der Waals surface area contributed by atoms with Gasteiger partial charge in [-0.25, -0.2) is 0 Å². The van der Waals surface area contributed by atoms with Crippen LogP contribution in [0.1, 0.15) is 27.6 Å². The van der Waals surface area contributed by atoms with Gasteiger partial charge in [0.1, 0.15) is 16.8 Å². The summed E-state index contributed by atoms with van der Waals surface area (Å²) < 4.78 is 68.6. The molecule has 0 bridgehead atoms. The maximum absolute atomic E-state index is 12.9. The molecule has 1 aliphatic heterocycles. The van der Waals surface area contributed by atoms with Crippen LogP contribution in [0.3, 0.4) is 0 Å². The van der Waals surface area contributed by atoms with E-state index in [-0.39, 0.29) is 16.6 Å². The summed E-state index contributed by atoms with van der Waals surface area (Å²) in [7, 11) is 0. The van der Waals surface area contributed by atoms with Gasteiger partial charge in [0, 0.05) is 29.1 Å². The first kappa shape index (κ1) is 18.4. The van der Waals surface area contributed by atoms with Gasteiger partial charge in [-0.3, -0.25) is 10.4 Å². The molecule has 0 aliphatic carbocycles. The smallest absolute Gasteiger partial charge is 0.416 e. The molecule has 1 aliphatic rings. The molecule has 2 heterocycles. The van der Waals surface area contributed by atoms with Crippen molar-refractivity contribution >= 4 is 17.5 Å². The number of alkyl halides is 5. The highest BCUT2D eigenvalue weighted by molar-refractivity contribution is 7.98. The fraction of sp³-hybridized carbons (Fsp3) is 0.250. The van der Waals surface area contributed by atoms with Gasteiger partial charge in [-0.2, -0.15) is 27.1 Å². The summed E-state index contributed by atoms with van der Waals surface area (Å²) in [6.45, 7) is -3.27. The Labute approximate surface area is 149 Å². The van der Waals surface area contributed by atoms with E-state index in [0.717, 1.165) is 17.7 Å². The summed E-state index contributed by atoms with van der Waals surface area (Å²) in [6, 6.07) is 4.05. The Hall–Kier alpha value is -2.36. The Morgan fingerprint density at radius 3 is 2.62 bits per heavy atom. The zero-order chi connectivity index (χ0) is 18.9. The first-order chi connectivity index (χ1) is 12.3. The zero-order valence-corrected chi connectivity index (χ0v) is 14.0. The van der Waals surface area contributed by atoms with Gasteiger partial charge in [0.15, 0.2) is 0 Å². The molecule has 10 heteroatoms. The van der Waals surface area contributed by atoms with E-state index in [1.54, 1.807) is 12.3 Å². The molecule has 138 valence electrons. The molecule has 0 radical (unpaired) electrons. The predicted molar refractivity (Wildman–Crippen MR) is 87.3 cm³/mol. The standard InChI is InChI=1S/C16H12F5N3OS/c1-26-14-11-7-22-5-4-9(11)13(23-24-14)10-3-2-8(16(19,20)21)6-12(10)25-15(17)18/h2-7,14-15,24H,1H3. The number of rotatable bonds is 4. The molecule has 0 amide bonds. The molecule has 0 saturated heterocycles. The molecule has 0 spiro atoms. The van der Waals surface area contributed by atoms with Crippen LogP contribution in [0.4, 0.5) is 22.0 Å². The summed E-state index contributed by atoms with van der Waals surface area (Å²) in [4.78, 5) is 4.03. The van der Waals surface area contributed by atoms with Crippen LogP contribution in [0, 0.1) is 0 Å². The van der Waals surface area contributed by atoms with Crippen LogP contribution in [0.2, 0.25) is 0 Å². The average molecular weight is 389 g/mol. The summed E-state index contributed by atoms with van der Waals surface area (Å²) >= 11 is 1.45. The minimum absolute atomic E-state index is 0.0257. The molecule has 1 aromatic carbocycles. The largest absolute Gasteiger partial charge is 0.434 e. The Morgan fingerprint density at radius 1 is 1.19 bits per heavy atom. The third-order valence-electron chi connectivity index (χ3n) is 3.70. The third kappa shape index (κ3) is 3.59. The van der Waals surface area contributed by atoms with Gasteiger partial charge in [0.25, 0.3) is 0 Å². The van der Waals surface area contributed by atoms with Crippen LogP contribution in [0.15, 0.2) is 41.8 Å². The van der Waals surface area contributed by atoms with Crippen molar-refractivity contribution in [2.45, 2.75) is 18.2 Å². The van der Waals surface area contributed by atoms with Crippen molar-refractivity contribution < 1.29 is 26.7 Å². The molecule has 1 N–H and O–H groups in total. The van der Waals surface area contributed by atoms with Crippen molar-refractivity contribution in [2.75, 3.05) is 6.26 Å². The number of fused-ring (bicyclic) bond motifs is 1. The van der Waals surface area contributed by atoms with E-state index < -0.39 is 24.1 Å². The van der Waals surface area contributed by atoms with Crippen LogP contribution in [0.25, 0.3) is 0 Å². The number of nitrogens with zero attached hydrogens (tertiary/aromatic N) is 2. The van der Waals surface area contributed by atoms with Crippen LogP contribution in [-0.2, 0) is 6.18 Å². The van der Waals surface area contributed by atoms with Crippen molar-refractivity contribution in [3.05, 3.63) is 58.9 Å². The highest BCUT2D eigenvalue weighted by Gasteiger charge is 2.33. The summed E-state index contributed by atoms with van der Waals surface area (Å²) in [6.07, 6.45) is 0.250. The summed E-state index contributed by atoms with van der Waals surface area (Å²) in [5.74, 6) is -0.597. The molecule has 26 heavy (non-hydrogen) atoms. The number of aromatic nitrogens is 1. The van der Waals surface area contributed by atoms with Crippen molar-refractivity contribution in [1.29, 1.82) is 0 Å². The van der Waals surface area contributed by atoms with Crippen molar-refractivity contribution in [1.82, 2.24) is 10.4 Å². The van der Waals surface area contributed by atoms with Crippen molar-refractivity contribution in [3.63, 3.8) is 0 Å². The quantitative estimate of drug-likeness (QED) is 0.787. The number of ether oxygens (including phenoxy) is 1. The lowest BCUT2D eigenvalue weighted by Crippen LogP contribution is -2.25. The fourth-order valence-corrected chi connectivity index (χ4v) is 3.16. The molecule has 1 atom stereocenters. The van der Waals surface area contributed by atoms with Crippen LogP contribution in [0.5, 0.6) is 5.75 Å². The van der Waals surface area contributed by atoms with Gasteiger partial charge < -0.3 is 4.74 Å². The van der Waals surface area contributed by atoms with Crippen molar-refractivity contribution in [2.24, 2.45) is 5.10 Å². The molecule has 0 fully saturated rings. The summed E-state index contributed by atoms with van der Waals surface area (Å²) in [5.41, 5.74) is 3.31. The maximum Gasteiger partial charge on any atom is 0.416 e. The number of hydrogen-bond acceptors (Lipinski definition) is 5. The number of hydrogen-bond donors (Lipinski definition) is 1. The minimum Gasteiger partial charge on any atom is -0.434 e. The predicted octanol–water partition coefficient (Wildman–Crippen LogP) is 4.42. The SMILES string of the molecule is CSC1NN=C(c2ccc(C(F)(F)F)cc2OC(F)F)c2ccncc21. The average Bonchev–Trinajstić information content (AvgIpc) is 2.59. The number of thioether (sulfide) groups is 1. The van der Waals surface area contributed by atoms with E-state index in [1.807, 2.05) is 6.26 Å². The number of halogens is 5.